The molecular weight excluding hydrogens is 254 g/mol. The molecule has 1 aromatic carbocycles. The summed E-state index contributed by atoms with van der Waals surface area (Å²) in [5.41, 5.74) is 1.78. The molecule has 2 heterocycles. The first-order valence-corrected chi connectivity index (χ1v) is 6.93. The van der Waals surface area contributed by atoms with Gasteiger partial charge in [0.1, 0.15) is 5.82 Å². The van der Waals surface area contributed by atoms with E-state index in [2.05, 4.69) is 14.9 Å². The molecule has 0 spiro atoms. The van der Waals surface area contributed by atoms with Crippen molar-refractivity contribution in [3.8, 4) is 0 Å². The van der Waals surface area contributed by atoms with Gasteiger partial charge < -0.3 is 10.0 Å². The molecule has 0 radical (unpaired) electrons. The van der Waals surface area contributed by atoms with Crippen molar-refractivity contribution >= 4 is 22.8 Å². The van der Waals surface area contributed by atoms with Gasteiger partial charge >= 0.3 is 5.97 Å². The minimum Gasteiger partial charge on any atom is -0.481 e. The second kappa shape index (κ2) is 4.16. The molecule has 5 heteroatoms. The van der Waals surface area contributed by atoms with Crippen molar-refractivity contribution in [3.05, 3.63) is 30.5 Å². The van der Waals surface area contributed by atoms with Gasteiger partial charge in [-0.2, -0.15) is 0 Å². The zero-order valence-corrected chi connectivity index (χ0v) is 10.9. The summed E-state index contributed by atoms with van der Waals surface area (Å²) >= 11 is 0. The van der Waals surface area contributed by atoms with Crippen molar-refractivity contribution in [2.75, 3.05) is 18.0 Å². The Kier molecular flexibility index (Phi) is 2.42. The van der Waals surface area contributed by atoms with Crippen molar-refractivity contribution in [2.45, 2.75) is 6.42 Å². The highest BCUT2D eigenvalue weighted by molar-refractivity contribution is 5.76. The van der Waals surface area contributed by atoms with Crippen molar-refractivity contribution < 1.29 is 9.90 Å². The maximum atomic E-state index is 11.1. The molecule has 1 saturated heterocycles. The van der Waals surface area contributed by atoms with Crippen LogP contribution >= 0.6 is 0 Å². The predicted octanol–water partition coefficient (Wildman–Crippen LogP) is 1.79. The molecule has 2 aliphatic rings. The maximum Gasteiger partial charge on any atom is 0.307 e. The second-order valence-corrected chi connectivity index (χ2v) is 5.64. The van der Waals surface area contributed by atoms with Gasteiger partial charge in [0.15, 0.2) is 0 Å². The minimum atomic E-state index is -0.647. The number of fused-ring (bicyclic) bond motifs is 2. The van der Waals surface area contributed by atoms with E-state index in [-0.39, 0.29) is 11.8 Å². The Bertz CT molecular complexity index is 688. The predicted molar refractivity (Wildman–Crippen MR) is 74.5 cm³/mol. The second-order valence-electron chi connectivity index (χ2n) is 5.64. The average Bonchev–Trinajstić information content (AvgIpc) is 3.20. The van der Waals surface area contributed by atoms with E-state index in [1.807, 2.05) is 24.3 Å². The molecule has 2 aromatic rings. The Morgan fingerprint density at radius 3 is 2.85 bits per heavy atom. The van der Waals surface area contributed by atoms with Crippen molar-refractivity contribution in [3.63, 3.8) is 0 Å². The number of aromatic nitrogens is 2. The summed E-state index contributed by atoms with van der Waals surface area (Å²) in [4.78, 5) is 22.3. The molecule has 0 bridgehead atoms. The van der Waals surface area contributed by atoms with Crippen LogP contribution in [0.4, 0.5) is 5.82 Å². The molecule has 20 heavy (non-hydrogen) atoms. The highest BCUT2D eigenvalue weighted by atomic mass is 16.4. The summed E-state index contributed by atoms with van der Waals surface area (Å²) in [6, 6.07) is 7.80. The van der Waals surface area contributed by atoms with Crippen LogP contribution in [0.2, 0.25) is 0 Å². The summed E-state index contributed by atoms with van der Waals surface area (Å²) in [5.74, 6) is 0.727. The lowest BCUT2D eigenvalue weighted by Crippen LogP contribution is -2.32. The summed E-state index contributed by atoms with van der Waals surface area (Å²) in [7, 11) is 0. The molecule has 0 amide bonds. The molecular formula is C15H15N3O2. The highest BCUT2D eigenvalue weighted by Gasteiger charge is 2.57. The fourth-order valence-electron chi connectivity index (χ4n) is 3.41. The standard InChI is InChI=1S/C15H15N3O2/c19-15(20)14-9-5-6-18(8-10(9)14)13-7-16-11-3-1-2-4-12(11)17-13/h1-4,7,9-10,14H,5-6,8H2,(H,19,20)/t9-,10+,14-/m1/s1. The third-order valence-corrected chi connectivity index (χ3v) is 4.54. The van der Waals surface area contributed by atoms with Crippen LogP contribution in [0.1, 0.15) is 6.42 Å². The molecule has 102 valence electrons. The Labute approximate surface area is 116 Å². The lowest BCUT2D eigenvalue weighted by Gasteiger charge is -2.27. The minimum absolute atomic E-state index is 0.145. The van der Waals surface area contributed by atoms with Gasteiger partial charge in [0.2, 0.25) is 0 Å². The summed E-state index contributed by atoms with van der Waals surface area (Å²) in [6.07, 6.45) is 2.73. The van der Waals surface area contributed by atoms with E-state index >= 15 is 0 Å². The largest absolute Gasteiger partial charge is 0.481 e. The molecule has 0 unspecified atom stereocenters. The number of anilines is 1. The number of carboxylic acids is 1. The SMILES string of the molecule is O=C(O)[C@@H]1[C@@H]2CCN(c3cnc4ccccc4n3)C[C@@H]21. The fraction of sp³-hybridized carbons (Fsp3) is 0.400. The molecule has 1 aliphatic carbocycles. The first kappa shape index (κ1) is 11.6. The Hall–Kier alpha value is -2.17. The zero-order chi connectivity index (χ0) is 13.7. The zero-order valence-electron chi connectivity index (χ0n) is 10.9. The van der Waals surface area contributed by atoms with E-state index in [0.717, 1.165) is 36.4 Å². The normalized spacial score (nSPS) is 28.2. The van der Waals surface area contributed by atoms with Crippen LogP contribution in [0.5, 0.6) is 0 Å². The number of carboxylic acid groups (broad SMARTS) is 1. The van der Waals surface area contributed by atoms with Gasteiger partial charge in [0, 0.05) is 13.1 Å². The number of piperidine rings is 1. The Balaban J connectivity index is 1.59. The van der Waals surface area contributed by atoms with Gasteiger partial charge in [0.05, 0.1) is 23.1 Å². The number of rotatable bonds is 2. The van der Waals surface area contributed by atoms with Crippen LogP contribution in [0, 0.1) is 17.8 Å². The Morgan fingerprint density at radius 2 is 2.05 bits per heavy atom. The van der Waals surface area contributed by atoms with Crippen molar-refractivity contribution in [2.24, 2.45) is 17.8 Å². The van der Waals surface area contributed by atoms with E-state index in [1.54, 1.807) is 6.20 Å². The van der Waals surface area contributed by atoms with Crippen LogP contribution < -0.4 is 4.90 Å². The molecule has 3 atom stereocenters. The highest BCUT2D eigenvalue weighted by Crippen LogP contribution is 2.52. The number of hydrogen-bond donors (Lipinski definition) is 1. The van der Waals surface area contributed by atoms with Crippen LogP contribution in [-0.4, -0.2) is 34.1 Å². The van der Waals surface area contributed by atoms with E-state index in [1.165, 1.54) is 0 Å². The van der Waals surface area contributed by atoms with Crippen LogP contribution in [0.25, 0.3) is 11.0 Å². The topological polar surface area (TPSA) is 66.3 Å². The molecule has 5 nitrogen and oxygen atoms in total. The molecule has 1 aromatic heterocycles. The van der Waals surface area contributed by atoms with Gasteiger partial charge in [-0.3, -0.25) is 9.78 Å². The fourth-order valence-corrected chi connectivity index (χ4v) is 3.41. The van der Waals surface area contributed by atoms with Crippen LogP contribution in [0.15, 0.2) is 30.5 Å². The molecule has 1 N–H and O–H groups in total. The summed E-state index contributed by atoms with van der Waals surface area (Å²) < 4.78 is 0. The lowest BCUT2D eigenvalue weighted by atomic mass is 10.1. The number of benzene rings is 1. The third-order valence-electron chi connectivity index (χ3n) is 4.54. The molecule has 2 fully saturated rings. The van der Waals surface area contributed by atoms with E-state index in [0.29, 0.717) is 5.92 Å². The first-order valence-electron chi connectivity index (χ1n) is 6.93. The Morgan fingerprint density at radius 1 is 1.25 bits per heavy atom. The van der Waals surface area contributed by atoms with Gasteiger partial charge in [-0.05, 0) is 30.4 Å². The van der Waals surface area contributed by atoms with E-state index in [4.69, 9.17) is 5.11 Å². The van der Waals surface area contributed by atoms with E-state index in [9.17, 15) is 4.79 Å². The third kappa shape index (κ3) is 1.73. The van der Waals surface area contributed by atoms with Crippen molar-refractivity contribution in [1.82, 2.24) is 9.97 Å². The van der Waals surface area contributed by atoms with Gasteiger partial charge in [0.25, 0.3) is 0 Å². The number of carbonyl (C=O) groups is 1. The van der Waals surface area contributed by atoms with Gasteiger partial charge in [-0.25, -0.2) is 4.98 Å². The number of hydrogen-bond acceptors (Lipinski definition) is 4. The van der Waals surface area contributed by atoms with Crippen LogP contribution in [-0.2, 0) is 4.79 Å². The number of nitrogens with zero attached hydrogens (tertiary/aromatic N) is 3. The smallest absolute Gasteiger partial charge is 0.307 e. The number of aliphatic carboxylic acids is 1. The van der Waals surface area contributed by atoms with E-state index < -0.39 is 5.97 Å². The maximum absolute atomic E-state index is 11.1. The quantitative estimate of drug-likeness (QED) is 0.900. The van der Waals surface area contributed by atoms with Gasteiger partial charge in [-0.15, -0.1) is 0 Å². The van der Waals surface area contributed by atoms with Gasteiger partial charge in [-0.1, -0.05) is 12.1 Å². The average molecular weight is 269 g/mol. The monoisotopic (exact) mass is 269 g/mol. The molecule has 1 aliphatic heterocycles. The first-order chi connectivity index (χ1) is 9.74. The molecule has 1 saturated carbocycles. The summed E-state index contributed by atoms with van der Waals surface area (Å²) in [6.45, 7) is 1.66. The van der Waals surface area contributed by atoms with Crippen molar-refractivity contribution in [1.29, 1.82) is 0 Å². The van der Waals surface area contributed by atoms with Crippen LogP contribution in [0.3, 0.4) is 0 Å². The molecule has 4 rings (SSSR count). The number of para-hydroxylation sites is 2. The lowest BCUT2D eigenvalue weighted by molar-refractivity contribution is -0.139. The summed E-state index contributed by atoms with van der Waals surface area (Å²) in [5, 5.41) is 9.14.